The highest BCUT2D eigenvalue weighted by Crippen LogP contribution is 2.62. The summed E-state index contributed by atoms with van der Waals surface area (Å²) < 4.78 is 2.40. The molecule has 0 unspecified atom stereocenters. The summed E-state index contributed by atoms with van der Waals surface area (Å²) >= 11 is 2.40. The lowest BCUT2D eigenvalue weighted by molar-refractivity contribution is 0.431. The molecule has 2 fully saturated rings. The van der Waals surface area contributed by atoms with E-state index in [1.54, 1.807) is 0 Å². The van der Waals surface area contributed by atoms with Gasteiger partial charge in [-0.2, -0.15) is 5.26 Å². The fourth-order valence-corrected chi connectivity index (χ4v) is 3.28. The van der Waals surface area contributed by atoms with Crippen LogP contribution in [-0.4, -0.2) is 15.2 Å². The van der Waals surface area contributed by atoms with Crippen LogP contribution in [0, 0.1) is 16.7 Å². The van der Waals surface area contributed by atoms with Gasteiger partial charge in [-0.25, -0.2) is 3.11 Å². The number of fused-ring (bicyclic) bond motifs is 1. The third kappa shape index (κ3) is 0.994. The van der Waals surface area contributed by atoms with Crippen molar-refractivity contribution in [3.63, 3.8) is 0 Å². The largest absolute Gasteiger partial charge is 0.241 e. The van der Waals surface area contributed by atoms with Crippen LogP contribution in [-0.2, 0) is 0 Å². The van der Waals surface area contributed by atoms with Crippen LogP contribution in [0.4, 0.5) is 0 Å². The van der Waals surface area contributed by atoms with Crippen molar-refractivity contribution in [2.45, 2.75) is 38.3 Å². The summed E-state index contributed by atoms with van der Waals surface area (Å²) in [6.45, 7) is 2.25. The highest BCUT2D eigenvalue weighted by molar-refractivity contribution is 14.1. The average Bonchev–Trinajstić information content (AvgIpc) is 2.57. The van der Waals surface area contributed by atoms with Gasteiger partial charge in [0.05, 0.1) is 6.07 Å². The lowest BCUT2D eigenvalue weighted by atomic mass is 9.97. The number of halogens is 1. The van der Waals surface area contributed by atoms with Gasteiger partial charge in [0.15, 0.2) is 0 Å². The van der Waals surface area contributed by atoms with Crippen molar-refractivity contribution in [2.75, 3.05) is 0 Å². The Morgan fingerprint density at radius 2 is 2.45 bits per heavy atom. The molecular weight excluding hydrogens is 251 g/mol. The van der Waals surface area contributed by atoms with Gasteiger partial charge in [0.2, 0.25) is 0 Å². The predicted octanol–water partition coefficient (Wildman–Crippen LogP) is 2.10. The Bertz CT molecular complexity index is 223. The van der Waals surface area contributed by atoms with Crippen LogP contribution < -0.4 is 0 Å². The molecule has 1 saturated carbocycles. The maximum atomic E-state index is 8.62. The molecule has 1 aliphatic heterocycles. The Hall–Kier alpha value is 0.180. The zero-order chi connectivity index (χ0) is 8.06. The Balaban J connectivity index is 2.09. The van der Waals surface area contributed by atoms with Crippen molar-refractivity contribution in [2.24, 2.45) is 5.41 Å². The topological polar surface area (TPSA) is 27.0 Å². The molecule has 0 aromatic heterocycles. The normalized spacial score (nSPS) is 48.5. The van der Waals surface area contributed by atoms with E-state index in [0.29, 0.717) is 11.5 Å². The van der Waals surface area contributed by atoms with Gasteiger partial charge in [0, 0.05) is 46.8 Å². The summed E-state index contributed by atoms with van der Waals surface area (Å²) in [7, 11) is 0. The summed E-state index contributed by atoms with van der Waals surface area (Å²) in [5, 5.41) is 8.62. The number of nitrogens with zero attached hydrogens (tertiary/aromatic N) is 2. The van der Waals surface area contributed by atoms with Crippen molar-refractivity contribution in [1.29, 1.82) is 5.26 Å². The van der Waals surface area contributed by atoms with Gasteiger partial charge >= 0.3 is 0 Å². The van der Waals surface area contributed by atoms with E-state index < -0.39 is 0 Å². The first-order chi connectivity index (χ1) is 5.19. The van der Waals surface area contributed by atoms with Crippen LogP contribution in [0.15, 0.2) is 0 Å². The minimum atomic E-state index is 0.412. The molecule has 0 aromatic carbocycles. The van der Waals surface area contributed by atoms with E-state index in [1.165, 1.54) is 12.8 Å². The first-order valence-corrected chi connectivity index (χ1v) is 4.97. The van der Waals surface area contributed by atoms with Crippen LogP contribution >= 0.6 is 22.9 Å². The molecule has 60 valence electrons. The van der Waals surface area contributed by atoms with E-state index in [2.05, 4.69) is 39.0 Å². The maximum Gasteiger partial charge on any atom is 0.0628 e. The van der Waals surface area contributed by atoms with Crippen molar-refractivity contribution < 1.29 is 0 Å². The molecule has 2 nitrogen and oxygen atoms in total. The third-order valence-electron chi connectivity index (χ3n) is 3.00. The fraction of sp³-hybridized carbons (Fsp3) is 0.875. The minimum absolute atomic E-state index is 0.412. The molecule has 11 heavy (non-hydrogen) atoms. The molecule has 2 rings (SSSR count). The second-order valence-corrected chi connectivity index (χ2v) is 4.93. The van der Waals surface area contributed by atoms with Gasteiger partial charge in [0.25, 0.3) is 0 Å². The summed E-state index contributed by atoms with van der Waals surface area (Å²) in [6, 6.07) is 3.71. The SMILES string of the molecule is C[C@@H]1C[C@]2(CC#N)C[C@@H]2N1I. The van der Waals surface area contributed by atoms with E-state index in [9.17, 15) is 0 Å². The van der Waals surface area contributed by atoms with Crippen LogP contribution in [0.2, 0.25) is 0 Å². The molecule has 0 N–H and O–H groups in total. The van der Waals surface area contributed by atoms with Gasteiger partial charge in [-0.05, 0) is 19.8 Å². The van der Waals surface area contributed by atoms with Crippen LogP contribution in [0.1, 0.15) is 26.2 Å². The van der Waals surface area contributed by atoms with Crippen LogP contribution in [0.25, 0.3) is 0 Å². The second kappa shape index (κ2) is 2.33. The Morgan fingerprint density at radius 3 is 2.91 bits per heavy atom. The number of hydrogen-bond donors (Lipinski definition) is 0. The lowest BCUT2D eigenvalue weighted by Gasteiger charge is -2.14. The Kier molecular flexibility index (Phi) is 1.66. The third-order valence-corrected chi connectivity index (χ3v) is 4.62. The average molecular weight is 262 g/mol. The predicted molar refractivity (Wildman–Crippen MR) is 51.0 cm³/mol. The fourth-order valence-electron chi connectivity index (χ4n) is 2.30. The number of piperidine rings is 1. The molecule has 1 saturated heterocycles. The molecule has 1 heterocycles. The Morgan fingerprint density at radius 1 is 1.73 bits per heavy atom. The maximum absolute atomic E-state index is 8.62. The number of rotatable bonds is 1. The van der Waals surface area contributed by atoms with E-state index in [0.717, 1.165) is 12.5 Å². The molecule has 2 aliphatic rings. The first kappa shape index (κ1) is 7.81. The molecule has 3 heteroatoms. The van der Waals surface area contributed by atoms with Gasteiger partial charge < -0.3 is 0 Å². The quantitative estimate of drug-likeness (QED) is 0.534. The van der Waals surface area contributed by atoms with Crippen molar-refractivity contribution >= 4 is 22.9 Å². The lowest BCUT2D eigenvalue weighted by Crippen LogP contribution is -2.18. The van der Waals surface area contributed by atoms with Gasteiger partial charge in [-0.15, -0.1) is 0 Å². The molecular formula is C8H11IN2. The zero-order valence-electron chi connectivity index (χ0n) is 6.55. The molecule has 1 aliphatic carbocycles. The monoisotopic (exact) mass is 262 g/mol. The molecule has 0 bridgehead atoms. The standard InChI is InChI=1S/C8H11IN2/c1-6-4-8(2-3-10)5-7(8)11(6)9/h6-7H,2,4-5H2,1H3/t6-,7+,8-/m1/s1. The molecule has 3 atom stereocenters. The molecule has 0 aromatic rings. The highest BCUT2D eigenvalue weighted by Gasteiger charge is 2.62. The van der Waals surface area contributed by atoms with Crippen molar-refractivity contribution in [1.82, 2.24) is 3.11 Å². The van der Waals surface area contributed by atoms with E-state index >= 15 is 0 Å². The highest BCUT2D eigenvalue weighted by atomic mass is 127. The molecule has 0 radical (unpaired) electrons. The van der Waals surface area contributed by atoms with E-state index in [1.807, 2.05) is 0 Å². The zero-order valence-corrected chi connectivity index (χ0v) is 8.71. The van der Waals surface area contributed by atoms with Crippen molar-refractivity contribution in [3.05, 3.63) is 0 Å². The van der Waals surface area contributed by atoms with Crippen LogP contribution in [0.3, 0.4) is 0 Å². The van der Waals surface area contributed by atoms with Crippen molar-refractivity contribution in [3.8, 4) is 6.07 Å². The Labute approximate surface area is 81.1 Å². The summed E-state index contributed by atoms with van der Waals surface area (Å²) in [5.41, 5.74) is 0.412. The summed E-state index contributed by atoms with van der Waals surface area (Å²) in [5.74, 6) is 0. The summed E-state index contributed by atoms with van der Waals surface area (Å²) in [6.07, 6.45) is 3.25. The van der Waals surface area contributed by atoms with E-state index in [-0.39, 0.29) is 0 Å². The molecule has 0 spiro atoms. The second-order valence-electron chi connectivity index (χ2n) is 3.81. The smallest absolute Gasteiger partial charge is 0.0628 e. The van der Waals surface area contributed by atoms with Crippen LogP contribution in [0.5, 0.6) is 0 Å². The molecule has 0 amide bonds. The van der Waals surface area contributed by atoms with E-state index in [4.69, 9.17) is 5.26 Å². The van der Waals surface area contributed by atoms with Gasteiger partial charge in [-0.3, -0.25) is 0 Å². The number of nitriles is 1. The summed E-state index contributed by atoms with van der Waals surface area (Å²) in [4.78, 5) is 0. The number of hydrogen-bond acceptors (Lipinski definition) is 2. The van der Waals surface area contributed by atoms with Gasteiger partial charge in [0.1, 0.15) is 0 Å². The minimum Gasteiger partial charge on any atom is -0.241 e. The van der Waals surface area contributed by atoms with Gasteiger partial charge in [-0.1, -0.05) is 0 Å². The first-order valence-electron chi connectivity index (χ1n) is 4.01.